The second kappa shape index (κ2) is 9.17. The molecule has 1 saturated heterocycles. The first kappa shape index (κ1) is 21.9. The van der Waals surface area contributed by atoms with E-state index in [4.69, 9.17) is 16.3 Å². The van der Waals surface area contributed by atoms with Gasteiger partial charge in [0.1, 0.15) is 0 Å². The number of nitrogens with zero attached hydrogens (tertiary/aromatic N) is 1. The number of hydrogen-bond acceptors (Lipinski definition) is 4. The third-order valence-electron chi connectivity index (χ3n) is 5.84. The van der Waals surface area contributed by atoms with Crippen LogP contribution in [0.1, 0.15) is 20.7 Å². The molecule has 0 aliphatic carbocycles. The molecule has 3 N–H and O–H groups in total. The van der Waals surface area contributed by atoms with Crippen molar-refractivity contribution in [3.63, 3.8) is 0 Å². The van der Waals surface area contributed by atoms with Gasteiger partial charge >= 0.3 is 0 Å². The maximum atomic E-state index is 12.8. The van der Waals surface area contributed by atoms with Gasteiger partial charge in [0.15, 0.2) is 0 Å². The predicted molar refractivity (Wildman–Crippen MR) is 129 cm³/mol. The van der Waals surface area contributed by atoms with Gasteiger partial charge in [-0.25, -0.2) is 0 Å². The fourth-order valence-electron chi connectivity index (χ4n) is 3.99. The molecule has 2 atom stereocenters. The van der Waals surface area contributed by atoms with Gasteiger partial charge in [-0.3, -0.25) is 19.0 Å². The molecule has 5 rings (SSSR count). The van der Waals surface area contributed by atoms with Crippen LogP contribution in [0.2, 0.25) is 5.02 Å². The molecule has 0 unspecified atom stereocenters. The first-order chi connectivity index (χ1) is 16.5. The average molecular weight is 477 g/mol. The number of fused-ring (bicyclic) bond motifs is 1. The lowest BCUT2D eigenvalue weighted by atomic mass is 10.1. The minimum Gasteiger partial charge on any atom is -0.377 e. The largest absolute Gasteiger partial charge is 0.377 e. The van der Waals surface area contributed by atoms with Crippen LogP contribution in [0.4, 0.5) is 0 Å². The zero-order valence-electron chi connectivity index (χ0n) is 18.0. The molecule has 9 heteroatoms. The van der Waals surface area contributed by atoms with Crippen LogP contribution in [0.5, 0.6) is 0 Å². The maximum Gasteiger partial charge on any atom is 0.255 e. The Labute approximate surface area is 199 Å². The fourth-order valence-corrected chi connectivity index (χ4v) is 4.21. The predicted octanol–water partition coefficient (Wildman–Crippen LogP) is 2.90. The number of ether oxygens (including phenoxy) is 1. The van der Waals surface area contributed by atoms with Gasteiger partial charge in [0, 0.05) is 46.2 Å². The summed E-state index contributed by atoms with van der Waals surface area (Å²) in [6.45, 7) is 0.586. The number of aromatic amines is 1. The van der Waals surface area contributed by atoms with Crippen LogP contribution in [-0.2, 0) is 4.74 Å². The second-order valence-corrected chi connectivity index (χ2v) is 8.46. The lowest BCUT2D eigenvalue weighted by molar-refractivity contribution is 0.0897. The maximum absolute atomic E-state index is 12.8. The molecule has 8 nitrogen and oxygen atoms in total. The highest BCUT2D eigenvalue weighted by Gasteiger charge is 2.31. The van der Waals surface area contributed by atoms with E-state index < -0.39 is 0 Å². The van der Waals surface area contributed by atoms with Gasteiger partial charge < -0.3 is 20.4 Å². The summed E-state index contributed by atoms with van der Waals surface area (Å²) >= 11 is 6.10. The van der Waals surface area contributed by atoms with Gasteiger partial charge in [0.25, 0.3) is 17.4 Å². The second-order valence-electron chi connectivity index (χ2n) is 8.05. The van der Waals surface area contributed by atoms with E-state index in [1.165, 1.54) is 10.6 Å². The van der Waals surface area contributed by atoms with Crippen LogP contribution in [0, 0.1) is 0 Å². The number of carbonyl (C=O) groups excluding carboxylic acids is 2. The van der Waals surface area contributed by atoms with E-state index in [1.54, 1.807) is 67.0 Å². The van der Waals surface area contributed by atoms with Gasteiger partial charge in [-0.1, -0.05) is 23.7 Å². The first-order valence-electron chi connectivity index (χ1n) is 10.7. The molecule has 1 aliphatic heterocycles. The molecule has 4 aromatic rings. The summed E-state index contributed by atoms with van der Waals surface area (Å²) in [5.74, 6) is -0.552. The molecule has 2 amide bonds. The summed E-state index contributed by atoms with van der Waals surface area (Å²) in [6, 6.07) is 16.1. The Morgan fingerprint density at radius 1 is 0.941 bits per heavy atom. The van der Waals surface area contributed by atoms with Crippen LogP contribution < -0.4 is 16.2 Å². The first-order valence-corrected chi connectivity index (χ1v) is 11.1. The molecule has 1 fully saturated rings. The smallest absolute Gasteiger partial charge is 0.255 e. The summed E-state index contributed by atoms with van der Waals surface area (Å²) in [5.41, 5.74) is 2.21. The molecule has 0 spiro atoms. The highest BCUT2D eigenvalue weighted by atomic mass is 35.5. The standard InChI is InChI=1S/C25H21ClN4O4/c26-19-12-27-20-11-16(6-9-18(19)20)25(33)29-22-14-34-13-21(22)28-24(32)15-4-7-17(8-5-15)30-10-2-1-3-23(30)31/h1-12,21-22,27H,13-14H2,(H,28,32)(H,29,33)/t21-,22+/m1/s1. The topological polar surface area (TPSA) is 105 Å². The molecule has 0 bridgehead atoms. The van der Waals surface area contributed by atoms with Crippen molar-refractivity contribution in [2.75, 3.05) is 13.2 Å². The molecular formula is C25H21ClN4O4. The van der Waals surface area contributed by atoms with E-state index in [1.807, 2.05) is 0 Å². The van der Waals surface area contributed by atoms with Gasteiger partial charge in [0.05, 0.1) is 30.3 Å². The van der Waals surface area contributed by atoms with Crippen molar-refractivity contribution in [2.24, 2.45) is 0 Å². The Morgan fingerprint density at radius 2 is 1.62 bits per heavy atom. The van der Waals surface area contributed by atoms with Crippen molar-refractivity contribution in [3.05, 3.63) is 99.6 Å². The summed E-state index contributed by atoms with van der Waals surface area (Å²) in [6.07, 6.45) is 3.34. The Hall–Kier alpha value is -3.88. The lowest BCUT2D eigenvalue weighted by Gasteiger charge is -2.20. The van der Waals surface area contributed by atoms with Crippen molar-refractivity contribution in [3.8, 4) is 5.69 Å². The van der Waals surface area contributed by atoms with Crippen LogP contribution in [-0.4, -0.2) is 46.7 Å². The van der Waals surface area contributed by atoms with Crippen molar-refractivity contribution in [1.29, 1.82) is 0 Å². The van der Waals surface area contributed by atoms with Crippen molar-refractivity contribution in [2.45, 2.75) is 12.1 Å². The molecule has 34 heavy (non-hydrogen) atoms. The van der Waals surface area contributed by atoms with Crippen molar-refractivity contribution < 1.29 is 14.3 Å². The van der Waals surface area contributed by atoms with E-state index in [2.05, 4.69) is 15.6 Å². The summed E-state index contributed by atoms with van der Waals surface area (Å²) < 4.78 is 7.01. The minimum absolute atomic E-state index is 0.153. The number of rotatable bonds is 5. The number of nitrogens with one attached hydrogen (secondary N) is 3. The number of hydrogen-bond donors (Lipinski definition) is 3. The number of carbonyl (C=O) groups is 2. The molecule has 0 radical (unpaired) electrons. The zero-order valence-corrected chi connectivity index (χ0v) is 18.7. The third kappa shape index (κ3) is 4.33. The van der Waals surface area contributed by atoms with Crippen LogP contribution in [0.25, 0.3) is 16.6 Å². The monoisotopic (exact) mass is 476 g/mol. The van der Waals surface area contributed by atoms with Crippen molar-refractivity contribution >= 4 is 34.3 Å². The Morgan fingerprint density at radius 3 is 2.32 bits per heavy atom. The summed E-state index contributed by atoms with van der Waals surface area (Å²) in [4.78, 5) is 40.6. The van der Waals surface area contributed by atoms with E-state index in [0.717, 1.165) is 10.9 Å². The normalized spacial score (nSPS) is 17.6. The summed E-state index contributed by atoms with van der Waals surface area (Å²) in [7, 11) is 0. The Kier molecular flexibility index (Phi) is 5.91. The number of aromatic nitrogens is 2. The van der Waals surface area contributed by atoms with Crippen LogP contribution in [0.3, 0.4) is 0 Å². The quantitative estimate of drug-likeness (QED) is 0.412. The zero-order chi connectivity index (χ0) is 23.7. The molecule has 2 aromatic heterocycles. The van der Waals surface area contributed by atoms with Gasteiger partial charge in [-0.05, 0) is 42.5 Å². The van der Waals surface area contributed by atoms with E-state index >= 15 is 0 Å². The number of halogens is 1. The van der Waals surface area contributed by atoms with Crippen LogP contribution in [0.15, 0.2) is 77.9 Å². The molecule has 2 aromatic carbocycles. The molecular weight excluding hydrogens is 456 g/mol. The van der Waals surface area contributed by atoms with Crippen LogP contribution >= 0.6 is 11.6 Å². The third-order valence-corrected chi connectivity index (χ3v) is 6.15. The van der Waals surface area contributed by atoms with Gasteiger partial charge in [-0.15, -0.1) is 0 Å². The molecule has 3 heterocycles. The Balaban J connectivity index is 1.24. The molecule has 1 aliphatic rings. The highest BCUT2D eigenvalue weighted by Crippen LogP contribution is 2.23. The van der Waals surface area contributed by atoms with Gasteiger partial charge in [0.2, 0.25) is 0 Å². The lowest BCUT2D eigenvalue weighted by Crippen LogP contribution is -2.51. The highest BCUT2D eigenvalue weighted by molar-refractivity contribution is 6.35. The number of benzene rings is 2. The van der Waals surface area contributed by atoms with E-state index in [-0.39, 0.29) is 29.5 Å². The van der Waals surface area contributed by atoms with Gasteiger partial charge in [-0.2, -0.15) is 0 Å². The number of amides is 2. The van der Waals surface area contributed by atoms with E-state index in [9.17, 15) is 14.4 Å². The fraction of sp³-hybridized carbons (Fsp3) is 0.160. The summed E-state index contributed by atoms with van der Waals surface area (Å²) in [5, 5.41) is 7.32. The SMILES string of the molecule is O=C(N[C@H]1COC[C@H]1NC(=O)c1ccc(-n2ccccc2=O)cc1)c1ccc2c(Cl)c[nH]c2c1. The number of H-pyrrole nitrogens is 1. The Bertz CT molecular complexity index is 1430. The molecule has 172 valence electrons. The van der Waals surface area contributed by atoms with E-state index in [0.29, 0.717) is 35.1 Å². The number of pyridine rings is 1. The minimum atomic E-state index is -0.378. The molecule has 0 saturated carbocycles. The van der Waals surface area contributed by atoms with Crippen molar-refractivity contribution in [1.82, 2.24) is 20.2 Å². The average Bonchev–Trinajstić information content (AvgIpc) is 3.45.